The highest BCUT2D eigenvalue weighted by molar-refractivity contribution is 5.94. The quantitative estimate of drug-likeness (QED) is 0.0543. The maximum atomic E-state index is 13.1. The van der Waals surface area contributed by atoms with Crippen LogP contribution >= 0.6 is 0 Å². The minimum atomic E-state index is -1.25. The van der Waals surface area contributed by atoms with Gasteiger partial charge in [0.2, 0.25) is 23.6 Å². The van der Waals surface area contributed by atoms with Crippen LogP contribution in [0.15, 0.2) is 17.5 Å². The van der Waals surface area contributed by atoms with Gasteiger partial charge in [0.1, 0.15) is 18.1 Å². The van der Waals surface area contributed by atoms with Crippen LogP contribution in [0.4, 0.5) is 0 Å². The summed E-state index contributed by atoms with van der Waals surface area (Å²) in [5.74, 6) is -4.74. The van der Waals surface area contributed by atoms with E-state index in [4.69, 9.17) is 22.9 Å². The van der Waals surface area contributed by atoms with Crippen LogP contribution in [0.3, 0.4) is 0 Å². The largest absolute Gasteiger partial charge is 0.480 e. The zero-order chi connectivity index (χ0) is 28.8. The van der Waals surface area contributed by atoms with Crippen molar-refractivity contribution in [1.82, 2.24) is 25.9 Å². The third kappa shape index (κ3) is 11.7. The van der Waals surface area contributed by atoms with E-state index in [1.54, 1.807) is 13.8 Å². The first-order valence-corrected chi connectivity index (χ1v) is 12.0. The zero-order valence-electron chi connectivity index (χ0n) is 21.5. The van der Waals surface area contributed by atoms with E-state index in [2.05, 4.69) is 30.9 Å². The number of aromatic amines is 1. The first kappa shape index (κ1) is 31.8. The number of hydrogen-bond acceptors (Lipinski definition) is 8. The van der Waals surface area contributed by atoms with Crippen molar-refractivity contribution >= 4 is 35.6 Å². The van der Waals surface area contributed by atoms with Crippen LogP contribution in [0.25, 0.3) is 0 Å². The third-order valence-electron chi connectivity index (χ3n) is 5.45. The molecule has 4 atom stereocenters. The average molecular weight is 539 g/mol. The Kier molecular flexibility index (Phi) is 13.2. The molecule has 16 heteroatoms. The van der Waals surface area contributed by atoms with Gasteiger partial charge in [-0.15, -0.1) is 0 Å². The Morgan fingerprint density at radius 3 is 2.13 bits per heavy atom. The van der Waals surface area contributed by atoms with Crippen molar-refractivity contribution in [2.24, 2.45) is 33.8 Å². The molecule has 1 aromatic rings. The van der Waals surface area contributed by atoms with Crippen LogP contribution in [0.1, 0.15) is 45.2 Å². The lowest BCUT2D eigenvalue weighted by Gasteiger charge is -2.26. The number of imidazole rings is 1. The van der Waals surface area contributed by atoms with Crippen molar-refractivity contribution in [3.05, 3.63) is 18.2 Å². The van der Waals surface area contributed by atoms with Crippen molar-refractivity contribution in [3.63, 3.8) is 0 Å². The van der Waals surface area contributed by atoms with Crippen LogP contribution in [-0.4, -0.2) is 81.3 Å². The molecule has 1 aromatic heterocycles. The lowest BCUT2D eigenvalue weighted by molar-refractivity contribution is -0.143. The molecule has 0 saturated carbocycles. The second kappa shape index (κ2) is 15.8. The second-order valence-electron chi connectivity index (χ2n) is 9.03. The molecule has 0 fully saturated rings. The van der Waals surface area contributed by atoms with Gasteiger partial charge in [-0.3, -0.25) is 24.2 Å². The Morgan fingerprint density at radius 2 is 1.61 bits per heavy atom. The summed E-state index contributed by atoms with van der Waals surface area (Å²) in [6, 6.07) is -4.69. The topological polar surface area (TPSA) is 287 Å². The number of carboxylic acid groups (broad SMARTS) is 1. The number of H-pyrrole nitrogens is 1. The third-order valence-corrected chi connectivity index (χ3v) is 5.45. The normalized spacial score (nSPS) is 14.0. The Balaban J connectivity index is 3.03. The van der Waals surface area contributed by atoms with E-state index in [9.17, 15) is 29.1 Å². The average Bonchev–Trinajstić information content (AvgIpc) is 3.33. The summed E-state index contributed by atoms with van der Waals surface area (Å²) < 4.78 is 0. The molecule has 0 radical (unpaired) electrons. The Labute approximate surface area is 219 Å². The molecule has 13 N–H and O–H groups in total. The number of hydrogen-bond donors (Lipinski definition) is 9. The number of aliphatic imine (C=N–C) groups is 1. The molecular weight excluding hydrogens is 500 g/mol. The summed E-state index contributed by atoms with van der Waals surface area (Å²) in [7, 11) is 0. The minimum absolute atomic E-state index is 0.0502. The van der Waals surface area contributed by atoms with E-state index < -0.39 is 59.7 Å². The molecule has 0 aliphatic heterocycles. The van der Waals surface area contributed by atoms with Crippen LogP contribution in [-0.2, 0) is 30.4 Å². The number of nitrogens with one attached hydrogen (secondary N) is 4. The standard InChI is InChI=1S/C22H38N10O6/c1-11(2)17(21(37)38)32-20(36)14(4-3-7-28-22(25)26)31-19(35)15(5-6-16(24)33)30-18(34)13(23)8-12-9-27-10-29-12/h9-11,13-15,17H,3-8,23H2,1-2H3,(H2,24,33)(H,27,29)(H,30,34)(H,31,35)(H,32,36)(H,37,38)(H4,25,26,28)/t13-,14-,15-,17-/m0/s1. The molecule has 0 saturated heterocycles. The Hall–Kier alpha value is -4.21. The molecule has 0 bridgehead atoms. The molecule has 0 aliphatic carbocycles. The lowest BCUT2D eigenvalue weighted by atomic mass is 10.0. The molecule has 38 heavy (non-hydrogen) atoms. The number of primary amides is 1. The van der Waals surface area contributed by atoms with Gasteiger partial charge < -0.3 is 49.0 Å². The number of nitrogens with zero attached hydrogens (tertiary/aromatic N) is 2. The molecule has 1 rings (SSSR count). The highest BCUT2D eigenvalue weighted by Crippen LogP contribution is 2.07. The summed E-state index contributed by atoms with van der Waals surface area (Å²) in [6.45, 7) is 3.39. The smallest absolute Gasteiger partial charge is 0.326 e. The van der Waals surface area contributed by atoms with E-state index in [0.29, 0.717) is 5.69 Å². The number of guanidine groups is 1. The van der Waals surface area contributed by atoms with Gasteiger partial charge in [0.15, 0.2) is 5.96 Å². The molecule has 0 aliphatic rings. The highest BCUT2D eigenvalue weighted by Gasteiger charge is 2.31. The summed E-state index contributed by atoms with van der Waals surface area (Å²) in [5, 5.41) is 16.9. The van der Waals surface area contributed by atoms with Crippen molar-refractivity contribution in [2.75, 3.05) is 6.54 Å². The Bertz CT molecular complexity index is 977. The number of rotatable bonds is 17. The SMILES string of the molecule is CC(C)[C@H](NC(=O)[C@H](CCCN=C(N)N)NC(=O)[C@H](CCC(N)=O)NC(=O)[C@@H](N)Cc1cnc[nH]1)C(=O)O. The van der Waals surface area contributed by atoms with Crippen LogP contribution in [0, 0.1) is 5.92 Å². The lowest BCUT2D eigenvalue weighted by Crippen LogP contribution is -2.57. The van der Waals surface area contributed by atoms with Crippen molar-refractivity contribution < 1.29 is 29.1 Å². The van der Waals surface area contributed by atoms with Gasteiger partial charge in [0, 0.05) is 31.3 Å². The van der Waals surface area contributed by atoms with Crippen molar-refractivity contribution in [2.45, 2.75) is 70.1 Å². The number of aromatic nitrogens is 2. The van der Waals surface area contributed by atoms with Gasteiger partial charge in [-0.05, 0) is 25.2 Å². The first-order chi connectivity index (χ1) is 17.8. The first-order valence-electron chi connectivity index (χ1n) is 12.0. The predicted octanol–water partition coefficient (Wildman–Crippen LogP) is -3.21. The Morgan fingerprint density at radius 1 is 1.00 bits per heavy atom. The summed E-state index contributed by atoms with van der Waals surface area (Å²) in [5.41, 5.74) is 22.4. The molecule has 1 heterocycles. The monoisotopic (exact) mass is 538 g/mol. The van der Waals surface area contributed by atoms with Gasteiger partial charge in [-0.2, -0.15) is 0 Å². The van der Waals surface area contributed by atoms with E-state index in [1.165, 1.54) is 12.5 Å². The maximum Gasteiger partial charge on any atom is 0.326 e. The molecule has 16 nitrogen and oxygen atoms in total. The fourth-order valence-electron chi connectivity index (χ4n) is 3.37. The van der Waals surface area contributed by atoms with Gasteiger partial charge in [0.25, 0.3) is 0 Å². The van der Waals surface area contributed by atoms with Crippen molar-refractivity contribution in [3.8, 4) is 0 Å². The number of amides is 4. The highest BCUT2D eigenvalue weighted by atomic mass is 16.4. The number of aliphatic carboxylic acids is 1. The van der Waals surface area contributed by atoms with Crippen LogP contribution < -0.4 is 38.9 Å². The fraction of sp³-hybridized carbons (Fsp3) is 0.591. The van der Waals surface area contributed by atoms with Gasteiger partial charge >= 0.3 is 5.97 Å². The van der Waals surface area contributed by atoms with E-state index in [1.807, 2.05) is 0 Å². The van der Waals surface area contributed by atoms with Gasteiger partial charge in [0.05, 0.1) is 12.4 Å². The molecule has 4 amide bonds. The predicted molar refractivity (Wildman–Crippen MR) is 137 cm³/mol. The number of nitrogens with two attached hydrogens (primary N) is 4. The minimum Gasteiger partial charge on any atom is -0.480 e. The number of carbonyl (C=O) groups is 5. The molecule has 0 spiro atoms. The molecular formula is C22H38N10O6. The zero-order valence-corrected chi connectivity index (χ0v) is 21.5. The van der Waals surface area contributed by atoms with E-state index in [0.717, 1.165) is 0 Å². The second-order valence-corrected chi connectivity index (χ2v) is 9.03. The summed E-state index contributed by atoms with van der Waals surface area (Å²) >= 11 is 0. The van der Waals surface area contributed by atoms with Crippen LogP contribution in [0.2, 0.25) is 0 Å². The summed E-state index contributed by atoms with van der Waals surface area (Å²) in [4.78, 5) is 72.2. The molecule has 0 aromatic carbocycles. The van der Waals surface area contributed by atoms with E-state index in [-0.39, 0.29) is 44.6 Å². The molecule has 212 valence electrons. The van der Waals surface area contributed by atoms with Gasteiger partial charge in [-0.25, -0.2) is 9.78 Å². The van der Waals surface area contributed by atoms with Gasteiger partial charge in [-0.1, -0.05) is 13.8 Å². The summed E-state index contributed by atoms with van der Waals surface area (Å²) in [6.07, 6.45) is 2.96. The fourth-order valence-corrected chi connectivity index (χ4v) is 3.37. The number of carboxylic acids is 1. The van der Waals surface area contributed by atoms with Crippen LogP contribution in [0.5, 0.6) is 0 Å². The maximum absolute atomic E-state index is 13.1. The van der Waals surface area contributed by atoms with Crippen molar-refractivity contribution in [1.29, 1.82) is 0 Å². The molecule has 0 unspecified atom stereocenters. The van der Waals surface area contributed by atoms with E-state index >= 15 is 0 Å². The number of carbonyl (C=O) groups excluding carboxylic acids is 4.